The smallest absolute Gasteiger partial charge is 0.363 e. The van der Waals surface area contributed by atoms with Crippen molar-refractivity contribution in [1.82, 2.24) is 15.0 Å². The van der Waals surface area contributed by atoms with Crippen molar-refractivity contribution in [3.05, 3.63) is 62.3 Å². The lowest BCUT2D eigenvalue weighted by molar-refractivity contribution is 0.0765. The van der Waals surface area contributed by atoms with Crippen molar-refractivity contribution >= 4 is 23.3 Å². The zero-order chi connectivity index (χ0) is 17.5. The SMILES string of the molecule is CCNc1[nH]c(=O)n(OCc2ccccc2)c(=O)c1C(=O)NCCl. The molecular formula is C15H17ClN4O4. The molecular weight excluding hydrogens is 336 g/mol. The number of amides is 1. The number of rotatable bonds is 7. The average molecular weight is 353 g/mol. The molecule has 2 rings (SSSR count). The lowest BCUT2D eigenvalue weighted by Gasteiger charge is -2.13. The quantitative estimate of drug-likeness (QED) is 0.498. The summed E-state index contributed by atoms with van der Waals surface area (Å²) in [6, 6.07) is 8.84. The van der Waals surface area contributed by atoms with Crippen LogP contribution < -0.4 is 26.7 Å². The molecule has 0 saturated heterocycles. The second-order valence-electron chi connectivity index (χ2n) is 4.71. The number of halogens is 1. The molecule has 3 N–H and O–H groups in total. The van der Waals surface area contributed by atoms with Gasteiger partial charge in [-0.1, -0.05) is 35.1 Å². The standard InChI is InChI=1S/C15H17ClN4O4/c1-2-17-12-11(13(21)18-9-16)14(22)20(15(23)19-12)24-8-10-6-4-3-5-7-10/h3-7,17H,2,8-9H2,1H3,(H,18,21)(H,19,23). The Hall–Kier alpha value is -2.74. The summed E-state index contributed by atoms with van der Waals surface area (Å²) < 4.78 is 0.525. The topological polar surface area (TPSA) is 105 Å². The molecule has 9 heteroatoms. The van der Waals surface area contributed by atoms with Crippen molar-refractivity contribution in [3.63, 3.8) is 0 Å². The molecule has 0 saturated carbocycles. The van der Waals surface area contributed by atoms with Gasteiger partial charge in [0.15, 0.2) is 0 Å². The molecule has 0 radical (unpaired) electrons. The number of H-pyrrole nitrogens is 1. The van der Waals surface area contributed by atoms with Crippen LogP contribution in [0.4, 0.5) is 5.82 Å². The Morgan fingerprint density at radius 2 is 2.00 bits per heavy atom. The molecule has 1 aromatic heterocycles. The lowest BCUT2D eigenvalue weighted by Crippen LogP contribution is -2.44. The summed E-state index contributed by atoms with van der Waals surface area (Å²) in [6.07, 6.45) is 0. The molecule has 128 valence electrons. The third kappa shape index (κ3) is 3.96. The van der Waals surface area contributed by atoms with E-state index in [-0.39, 0.29) is 24.0 Å². The highest BCUT2D eigenvalue weighted by molar-refractivity contribution is 6.19. The number of hydrogen-bond acceptors (Lipinski definition) is 5. The number of hydrogen-bond donors (Lipinski definition) is 3. The van der Waals surface area contributed by atoms with E-state index in [4.69, 9.17) is 16.4 Å². The maximum atomic E-state index is 12.5. The van der Waals surface area contributed by atoms with Gasteiger partial charge >= 0.3 is 11.2 Å². The Labute approximate surface area is 142 Å². The van der Waals surface area contributed by atoms with Crippen molar-refractivity contribution < 1.29 is 9.63 Å². The van der Waals surface area contributed by atoms with Gasteiger partial charge in [-0.3, -0.25) is 14.6 Å². The highest BCUT2D eigenvalue weighted by Gasteiger charge is 2.21. The predicted octanol–water partition coefficient (Wildman–Crippen LogP) is 0.523. The van der Waals surface area contributed by atoms with Gasteiger partial charge in [0, 0.05) is 6.54 Å². The van der Waals surface area contributed by atoms with E-state index in [0.29, 0.717) is 11.3 Å². The van der Waals surface area contributed by atoms with Crippen LogP contribution in [0.2, 0.25) is 0 Å². The maximum absolute atomic E-state index is 12.5. The minimum absolute atomic E-state index is 0.000937. The van der Waals surface area contributed by atoms with Crippen molar-refractivity contribution in [3.8, 4) is 0 Å². The molecule has 0 aliphatic carbocycles. The number of carbonyl (C=O) groups is 1. The molecule has 0 spiro atoms. The van der Waals surface area contributed by atoms with E-state index in [1.54, 1.807) is 31.2 Å². The van der Waals surface area contributed by atoms with E-state index in [9.17, 15) is 14.4 Å². The van der Waals surface area contributed by atoms with Crippen LogP contribution in [-0.4, -0.2) is 28.2 Å². The summed E-state index contributed by atoms with van der Waals surface area (Å²) in [7, 11) is 0. The molecule has 0 fully saturated rings. The Bertz CT molecular complexity index is 816. The molecule has 8 nitrogen and oxygen atoms in total. The molecule has 0 unspecified atom stereocenters. The summed E-state index contributed by atoms with van der Waals surface area (Å²) in [6.45, 7) is 2.17. The summed E-state index contributed by atoms with van der Waals surface area (Å²) in [5, 5.41) is 5.09. The van der Waals surface area contributed by atoms with Gasteiger partial charge in [0.05, 0.1) is 6.00 Å². The Kier molecular flexibility index (Phi) is 6.02. The van der Waals surface area contributed by atoms with E-state index in [0.717, 1.165) is 5.56 Å². The summed E-state index contributed by atoms with van der Waals surface area (Å²) >= 11 is 5.48. The monoisotopic (exact) mass is 352 g/mol. The van der Waals surface area contributed by atoms with E-state index in [1.165, 1.54) is 0 Å². The van der Waals surface area contributed by atoms with Gasteiger partial charge in [-0.2, -0.15) is 0 Å². The minimum atomic E-state index is -0.867. The van der Waals surface area contributed by atoms with Gasteiger partial charge in [0.1, 0.15) is 18.0 Å². The average Bonchev–Trinajstić information content (AvgIpc) is 2.56. The zero-order valence-corrected chi connectivity index (χ0v) is 13.7. The lowest BCUT2D eigenvalue weighted by atomic mass is 10.2. The second kappa shape index (κ2) is 8.21. The zero-order valence-electron chi connectivity index (χ0n) is 13.0. The molecule has 0 bridgehead atoms. The summed E-state index contributed by atoms with van der Waals surface area (Å²) in [5.74, 6) is -0.686. The van der Waals surface area contributed by atoms with Crippen LogP contribution in [0.1, 0.15) is 22.8 Å². The van der Waals surface area contributed by atoms with Crippen LogP contribution in [0, 0.1) is 0 Å². The van der Waals surface area contributed by atoms with E-state index in [2.05, 4.69) is 15.6 Å². The molecule has 1 heterocycles. The molecule has 0 aliphatic heterocycles. The number of alkyl halides is 1. The molecule has 0 atom stereocenters. The highest BCUT2D eigenvalue weighted by Crippen LogP contribution is 2.05. The molecule has 1 amide bonds. The number of nitrogens with zero attached hydrogens (tertiary/aromatic N) is 1. The molecule has 24 heavy (non-hydrogen) atoms. The number of anilines is 1. The Morgan fingerprint density at radius 1 is 1.29 bits per heavy atom. The first kappa shape index (κ1) is 17.6. The molecule has 1 aromatic carbocycles. The van der Waals surface area contributed by atoms with Gasteiger partial charge < -0.3 is 15.5 Å². The molecule has 2 aromatic rings. The highest BCUT2D eigenvalue weighted by atomic mass is 35.5. The number of benzene rings is 1. The van der Waals surface area contributed by atoms with Gasteiger partial charge in [-0.15, -0.1) is 11.6 Å². The predicted molar refractivity (Wildman–Crippen MR) is 90.4 cm³/mol. The number of aromatic nitrogens is 2. The number of nitrogens with one attached hydrogen (secondary N) is 3. The van der Waals surface area contributed by atoms with Gasteiger partial charge in [-0.05, 0) is 12.5 Å². The minimum Gasteiger partial charge on any atom is -0.401 e. The van der Waals surface area contributed by atoms with E-state index >= 15 is 0 Å². The Morgan fingerprint density at radius 3 is 2.62 bits per heavy atom. The maximum Gasteiger partial charge on any atom is 0.363 e. The fourth-order valence-corrected chi connectivity index (χ4v) is 2.14. The van der Waals surface area contributed by atoms with Crippen LogP contribution in [0.15, 0.2) is 39.9 Å². The van der Waals surface area contributed by atoms with E-state index in [1.807, 2.05) is 6.07 Å². The van der Waals surface area contributed by atoms with Crippen molar-refractivity contribution in [2.45, 2.75) is 13.5 Å². The Balaban J connectivity index is 2.41. The van der Waals surface area contributed by atoms with Crippen LogP contribution in [0.25, 0.3) is 0 Å². The normalized spacial score (nSPS) is 10.2. The van der Waals surface area contributed by atoms with E-state index < -0.39 is 17.2 Å². The third-order valence-electron chi connectivity index (χ3n) is 3.08. The second-order valence-corrected chi connectivity index (χ2v) is 4.98. The largest absolute Gasteiger partial charge is 0.401 e. The summed E-state index contributed by atoms with van der Waals surface area (Å²) in [4.78, 5) is 44.3. The van der Waals surface area contributed by atoms with Crippen molar-refractivity contribution in [2.24, 2.45) is 0 Å². The van der Waals surface area contributed by atoms with Crippen molar-refractivity contribution in [1.29, 1.82) is 0 Å². The van der Waals surface area contributed by atoms with Crippen molar-refractivity contribution in [2.75, 3.05) is 17.9 Å². The number of aromatic amines is 1. The molecule has 0 aliphatic rings. The summed E-state index contributed by atoms with van der Waals surface area (Å²) in [5.41, 5.74) is -1.15. The first-order chi connectivity index (χ1) is 11.6. The third-order valence-corrected chi connectivity index (χ3v) is 3.21. The first-order valence-electron chi connectivity index (χ1n) is 7.23. The van der Waals surface area contributed by atoms with Crippen LogP contribution in [0.3, 0.4) is 0 Å². The van der Waals surface area contributed by atoms with Crippen LogP contribution in [-0.2, 0) is 6.61 Å². The fourth-order valence-electron chi connectivity index (χ4n) is 2.02. The van der Waals surface area contributed by atoms with Gasteiger partial charge in [-0.25, -0.2) is 4.79 Å². The first-order valence-corrected chi connectivity index (χ1v) is 7.76. The fraction of sp³-hybridized carbons (Fsp3) is 0.267. The van der Waals surface area contributed by atoms with Gasteiger partial charge in [0.2, 0.25) is 0 Å². The van der Waals surface area contributed by atoms with Crippen LogP contribution in [0.5, 0.6) is 0 Å². The van der Waals surface area contributed by atoms with Gasteiger partial charge in [0.25, 0.3) is 5.91 Å². The van der Waals surface area contributed by atoms with Crippen LogP contribution >= 0.6 is 11.6 Å². The number of carbonyl (C=O) groups excluding carboxylic acids is 1.